The first-order valence-electron chi connectivity index (χ1n) is 7.94. The molecule has 1 aromatic carbocycles. The van der Waals surface area contributed by atoms with Gasteiger partial charge in [0, 0.05) is 11.2 Å². The maximum atomic E-state index is 12.9. The zero-order chi connectivity index (χ0) is 18.7. The van der Waals surface area contributed by atoms with E-state index in [1.165, 1.54) is 12.3 Å². The summed E-state index contributed by atoms with van der Waals surface area (Å²) in [6.07, 6.45) is 3.69. The van der Waals surface area contributed by atoms with Crippen LogP contribution in [0.15, 0.2) is 17.7 Å². The first-order valence-corrected chi connectivity index (χ1v) is 8.31. The molecule has 2 atom stereocenters. The number of amides is 1. The number of amidine groups is 1. The molecule has 3 N–H and O–H groups in total. The van der Waals surface area contributed by atoms with E-state index in [1.807, 2.05) is 26.0 Å². The molecule has 0 aromatic heterocycles. The molecule has 0 aliphatic heterocycles. The Bertz CT molecular complexity index is 885. The van der Waals surface area contributed by atoms with Gasteiger partial charge in [0.25, 0.3) is 0 Å². The van der Waals surface area contributed by atoms with Gasteiger partial charge in [-0.25, -0.2) is 4.39 Å². The largest absolute Gasteiger partial charge is 0.311 e. The molecule has 25 heavy (non-hydrogen) atoms. The Morgan fingerprint density at radius 1 is 1.36 bits per heavy atom. The minimum Gasteiger partial charge on any atom is -0.311 e. The van der Waals surface area contributed by atoms with Gasteiger partial charge >= 0.3 is 0 Å². The van der Waals surface area contributed by atoms with E-state index in [4.69, 9.17) is 22.4 Å². The fourth-order valence-corrected chi connectivity index (χ4v) is 2.96. The van der Waals surface area contributed by atoms with Crippen LogP contribution in [0.25, 0.3) is 17.7 Å². The smallest absolute Gasteiger partial charge is 0.231 e. The van der Waals surface area contributed by atoms with E-state index in [0.717, 1.165) is 21.9 Å². The van der Waals surface area contributed by atoms with Gasteiger partial charge in [-0.2, -0.15) is 0 Å². The van der Waals surface area contributed by atoms with Gasteiger partial charge in [0.1, 0.15) is 12.0 Å². The summed E-state index contributed by atoms with van der Waals surface area (Å²) in [5.74, 6) is -1.21. The number of nitrogens with one attached hydrogen (secondary N) is 3. The van der Waals surface area contributed by atoms with Crippen molar-refractivity contribution in [2.45, 2.75) is 33.4 Å². The van der Waals surface area contributed by atoms with Crippen molar-refractivity contribution in [2.75, 3.05) is 0 Å². The topological polar surface area (TPSA) is 76.8 Å². The lowest BCUT2D eigenvalue weighted by Gasteiger charge is -2.05. The van der Waals surface area contributed by atoms with E-state index >= 15 is 0 Å². The standard InChI is InChI=1S/C19H21ClFN3O/c1-10(2)18-13(5-12(6-15(18)20)4-11(3)9-22)7-17(23)24-19(25)14-8-16(14)21/h4-7,9,14,16,22H,8H2,1-3H3,(H2,23,24,25)/b11-4+,13-7-,22-9?. The van der Waals surface area contributed by atoms with E-state index in [9.17, 15) is 9.18 Å². The Morgan fingerprint density at radius 3 is 2.52 bits per heavy atom. The van der Waals surface area contributed by atoms with E-state index in [1.54, 1.807) is 13.0 Å². The molecule has 0 bridgehead atoms. The molecule has 0 spiro atoms. The molecule has 0 heterocycles. The lowest BCUT2D eigenvalue weighted by molar-refractivity contribution is -0.121. The third-order valence-electron chi connectivity index (χ3n) is 3.87. The number of halogens is 2. The number of alkyl halides is 1. The molecule has 1 fully saturated rings. The number of carbonyl (C=O) groups excluding carboxylic acids is 1. The van der Waals surface area contributed by atoms with Crippen molar-refractivity contribution < 1.29 is 9.18 Å². The van der Waals surface area contributed by atoms with Gasteiger partial charge < -0.3 is 10.7 Å². The molecule has 2 rings (SSSR count). The summed E-state index contributed by atoms with van der Waals surface area (Å²) in [6.45, 7) is 5.63. The van der Waals surface area contributed by atoms with E-state index in [-0.39, 0.29) is 12.3 Å². The highest BCUT2D eigenvalue weighted by Crippen LogP contribution is 2.33. The molecule has 2 unspecified atom stereocenters. The van der Waals surface area contributed by atoms with Crippen LogP contribution in [0, 0.1) is 16.7 Å². The third kappa shape index (κ3) is 4.86. The van der Waals surface area contributed by atoms with Crippen molar-refractivity contribution in [1.82, 2.24) is 5.32 Å². The van der Waals surface area contributed by atoms with Crippen LogP contribution in [0.5, 0.6) is 0 Å². The minimum atomic E-state index is -1.10. The highest BCUT2D eigenvalue weighted by Gasteiger charge is 2.43. The molecule has 132 valence electrons. The number of rotatable bonds is 4. The number of benzene rings is 1. The molecule has 1 saturated carbocycles. The van der Waals surface area contributed by atoms with Crippen LogP contribution in [0.1, 0.15) is 32.8 Å². The van der Waals surface area contributed by atoms with Crippen molar-refractivity contribution >= 4 is 47.3 Å². The van der Waals surface area contributed by atoms with Crippen molar-refractivity contribution in [3.63, 3.8) is 0 Å². The summed E-state index contributed by atoms with van der Waals surface area (Å²) in [7, 11) is 0. The summed E-state index contributed by atoms with van der Waals surface area (Å²) in [5, 5.41) is 19.7. The van der Waals surface area contributed by atoms with E-state index < -0.39 is 18.0 Å². The Hall–Kier alpha value is -2.27. The van der Waals surface area contributed by atoms with Crippen LogP contribution in [-0.2, 0) is 4.79 Å². The highest BCUT2D eigenvalue weighted by molar-refractivity contribution is 6.31. The average Bonchev–Trinajstić information content (AvgIpc) is 3.23. The Labute approximate surface area is 151 Å². The lowest BCUT2D eigenvalue weighted by atomic mass is 10.1. The lowest BCUT2D eigenvalue weighted by Crippen LogP contribution is -2.35. The summed E-state index contributed by atoms with van der Waals surface area (Å²) in [5.41, 5.74) is 2.53. The second-order valence-corrected chi connectivity index (χ2v) is 6.81. The predicted octanol–water partition coefficient (Wildman–Crippen LogP) is 2.82. The molecule has 6 heteroatoms. The van der Waals surface area contributed by atoms with Crippen LogP contribution in [-0.4, -0.2) is 24.1 Å². The Balaban J connectivity index is 2.46. The first kappa shape index (κ1) is 19.1. The number of allylic oxidation sites excluding steroid dienone is 1. The minimum absolute atomic E-state index is 0.104. The molecular weight excluding hydrogens is 341 g/mol. The average molecular weight is 362 g/mol. The summed E-state index contributed by atoms with van der Waals surface area (Å²) >= 11 is 6.39. The van der Waals surface area contributed by atoms with Crippen LogP contribution in [0.2, 0.25) is 5.02 Å². The van der Waals surface area contributed by atoms with Crippen molar-refractivity contribution in [2.24, 2.45) is 5.92 Å². The molecule has 1 aliphatic rings. The van der Waals surface area contributed by atoms with Crippen molar-refractivity contribution in [3.05, 3.63) is 38.7 Å². The molecular formula is C19H21ClFN3O. The third-order valence-corrected chi connectivity index (χ3v) is 4.17. The maximum Gasteiger partial charge on any atom is 0.231 e. The molecule has 0 saturated heterocycles. The number of carbonyl (C=O) groups is 1. The van der Waals surface area contributed by atoms with Crippen LogP contribution in [0.4, 0.5) is 4.39 Å². The summed E-state index contributed by atoms with van der Waals surface area (Å²) in [6, 6.07) is 3.64. The molecule has 1 amide bonds. The van der Waals surface area contributed by atoms with Crippen LogP contribution < -0.4 is 15.8 Å². The fourth-order valence-electron chi connectivity index (χ4n) is 2.53. The number of hydrogen-bond acceptors (Lipinski definition) is 3. The van der Waals surface area contributed by atoms with Gasteiger partial charge in [0.15, 0.2) is 0 Å². The van der Waals surface area contributed by atoms with Crippen LogP contribution in [0.3, 0.4) is 0 Å². The van der Waals surface area contributed by atoms with Crippen molar-refractivity contribution in [3.8, 4) is 0 Å². The second-order valence-electron chi connectivity index (χ2n) is 6.41. The quantitative estimate of drug-likeness (QED) is 0.559. The molecule has 0 radical (unpaired) electrons. The first-order chi connectivity index (χ1) is 11.7. The normalized spacial score (nSPS) is 20.2. The SMILES string of the molecule is CC(C)=c1c(Cl)cc(/C=C(\C)C=N)c/c1=C/C(=N)NC(=O)C1CC1F. The molecule has 1 aromatic rings. The fraction of sp³-hybridized carbons (Fsp3) is 0.316. The zero-order valence-corrected chi connectivity index (χ0v) is 15.2. The van der Waals surface area contributed by atoms with Gasteiger partial charge in [-0.15, -0.1) is 0 Å². The summed E-state index contributed by atoms with van der Waals surface area (Å²) in [4.78, 5) is 11.8. The number of hydrogen-bond donors (Lipinski definition) is 3. The van der Waals surface area contributed by atoms with E-state index in [2.05, 4.69) is 5.32 Å². The van der Waals surface area contributed by atoms with Gasteiger partial charge in [-0.3, -0.25) is 10.2 Å². The molecule has 4 nitrogen and oxygen atoms in total. The second kappa shape index (κ2) is 7.74. The summed E-state index contributed by atoms with van der Waals surface area (Å²) < 4.78 is 12.9. The maximum absolute atomic E-state index is 12.9. The highest BCUT2D eigenvalue weighted by atomic mass is 35.5. The van der Waals surface area contributed by atoms with Gasteiger partial charge in [-0.1, -0.05) is 23.3 Å². The van der Waals surface area contributed by atoms with Gasteiger partial charge in [0.05, 0.1) is 5.92 Å². The van der Waals surface area contributed by atoms with Crippen LogP contribution >= 0.6 is 11.6 Å². The Morgan fingerprint density at radius 2 is 2.00 bits per heavy atom. The van der Waals surface area contributed by atoms with Gasteiger partial charge in [-0.05, 0) is 67.0 Å². The van der Waals surface area contributed by atoms with Gasteiger partial charge in [0.2, 0.25) is 5.91 Å². The van der Waals surface area contributed by atoms with Crippen molar-refractivity contribution in [1.29, 1.82) is 10.8 Å². The van der Waals surface area contributed by atoms with E-state index in [0.29, 0.717) is 10.2 Å². The monoisotopic (exact) mass is 361 g/mol. The zero-order valence-electron chi connectivity index (χ0n) is 14.4. The Kier molecular flexibility index (Phi) is 5.90. The molecule has 1 aliphatic carbocycles. The predicted molar refractivity (Wildman–Crippen MR) is 101 cm³/mol.